The first kappa shape index (κ1) is 24.8. The highest BCUT2D eigenvalue weighted by Crippen LogP contribution is 2.35. The van der Waals surface area contributed by atoms with Crippen molar-refractivity contribution in [1.29, 1.82) is 0 Å². The van der Waals surface area contributed by atoms with Gasteiger partial charge in [-0.2, -0.15) is 0 Å². The summed E-state index contributed by atoms with van der Waals surface area (Å²) in [7, 11) is 0. The van der Waals surface area contributed by atoms with Crippen molar-refractivity contribution < 1.29 is 19.1 Å². The molecule has 5 rings (SSSR count). The van der Waals surface area contributed by atoms with Crippen molar-refractivity contribution in [3.63, 3.8) is 0 Å². The molecule has 6 nitrogen and oxygen atoms in total. The Kier molecular flexibility index (Phi) is 7.39. The fourth-order valence-electron chi connectivity index (χ4n) is 3.94. The number of ether oxygens (including phenoxy) is 1. The fraction of sp³-hybridized carbons (Fsp3) is 0.0690. The molecule has 0 aromatic heterocycles. The van der Waals surface area contributed by atoms with Gasteiger partial charge in [-0.3, -0.25) is 19.3 Å². The monoisotopic (exact) mass is 572 g/mol. The van der Waals surface area contributed by atoms with Crippen molar-refractivity contribution in [2.75, 3.05) is 11.9 Å². The summed E-state index contributed by atoms with van der Waals surface area (Å²) in [5.74, 6) is -0.390. The van der Waals surface area contributed by atoms with Crippen molar-refractivity contribution >= 4 is 67.3 Å². The van der Waals surface area contributed by atoms with Gasteiger partial charge in [-0.25, -0.2) is 0 Å². The fourth-order valence-corrected chi connectivity index (χ4v) is 5.15. The number of fused-ring (bicyclic) bond motifs is 1. The van der Waals surface area contributed by atoms with Gasteiger partial charge in [0.05, 0.1) is 4.91 Å². The number of nitrogens with zero attached hydrogens (tertiary/aromatic N) is 1. The zero-order valence-corrected chi connectivity index (χ0v) is 21.9. The van der Waals surface area contributed by atoms with E-state index in [2.05, 4.69) is 21.2 Å². The van der Waals surface area contributed by atoms with E-state index in [-0.39, 0.29) is 11.4 Å². The highest BCUT2D eigenvalue weighted by Gasteiger charge is 2.36. The summed E-state index contributed by atoms with van der Waals surface area (Å²) < 4.78 is 6.80. The molecular weight excluding hydrogens is 552 g/mol. The summed E-state index contributed by atoms with van der Waals surface area (Å²) in [4.78, 5) is 39.7. The van der Waals surface area contributed by atoms with Gasteiger partial charge in [0.2, 0.25) is 5.91 Å². The molecule has 0 aliphatic carbocycles. The molecule has 1 fully saturated rings. The molecule has 37 heavy (non-hydrogen) atoms. The Morgan fingerprint density at radius 2 is 1.70 bits per heavy atom. The van der Waals surface area contributed by atoms with Gasteiger partial charge < -0.3 is 10.1 Å². The number of anilines is 1. The maximum Gasteiger partial charge on any atom is 0.294 e. The maximum atomic E-state index is 13.1. The largest absolute Gasteiger partial charge is 0.488 e. The molecule has 1 N–H and O–H groups in total. The number of carbonyl (C=O) groups is 3. The first-order valence-electron chi connectivity index (χ1n) is 11.5. The van der Waals surface area contributed by atoms with Gasteiger partial charge in [0.25, 0.3) is 11.1 Å². The van der Waals surface area contributed by atoms with E-state index in [0.717, 1.165) is 37.5 Å². The number of hydrogen-bond acceptors (Lipinski definition) is 5. The van der Waals surface area contributed by atoms with Crippen LogP contribution in [0, 0.1) is 0 Å². The third-order valence-corrected chi connectivity index (χ3v) is 7.14. The van der Waals surface area contributed by atoms with Crippen LogP contribution in [0.15, 0.2) is 100 Å². The lowest BCUT2D eigenvalue weighted by Gasteiger charge is -2.14. The lowest BCUT2D eigenvalue weighted by molar-refractivity contribution is -0.127. The zero-order valence-electron chi connectivity index (χ0n) is 19.5. The second kappa shape index (κ2) is 11.0. The van der Waals surface area contributed by atoms with Crippen LogP contribution in [0.1, 0.15) is 11.1 Å². The molecule has 0 saturated carbocycles. The SMILES string of the molecule is O=C(CN1C(=O)S/C(=C\c2cc(Br)ccc2OCc2ccccc2)C1=O)Nc1cccc2ccccc12. The average Bonchev–Trinajstić information content (AvgIpc) is 3.16. The summed E-state index contributed by atoms with van der Waals surface area (Å²) in [5.41, 5.74) is 2.28. The van der Waals surface area contributed by atoms with E-state index in [4.69, 9.17) is 4.74 Å². The van der Waals surface area contributed by atoms with Gasteiger partial charge in [0, 0.05) is 21.1 Å². The highest BCUT2D eigenvalue weighted by molar-refractivity contribution is 9.10. The number of halogens is 1. The summed E-state index contributed by atoms with van der Waals surface area (Å²) in [6.07, 6.45) is 1.62. The number of benzene rings is 4. The first-order chi connectivity index (χ1) is 18.0. The van der Waals surface area contributed by atoms with E-state index in [0.29, 0.717) is 23.6 Å². The second-order valence-corrected chi connectivity index (χ2v) is 10.2. The Morgan fingerprint density at radius 1 is 0.946 bits per heavy atom. The minimum atomic E-state index is -0.517. The van der Waals surface area contributed by atoms with Crippen LogP contribution in [-0.4, -0.2) is 28.5 Å². The number of hydrogen-bond donors (Lipinski definition) is 1. The van der Waals surface area contributed by atoms with Crippen molar-refractivity contribution in [1.82, 2.24) is 4.90 Å². The molecule has 184 valence electrons. The molecule has 0 spiro atoms. The molecule has 1 heterocycles. The molecule has 4 aromatic carbocycles. The van der Waals surface area contributed by atoms with Gasteiger partial charge in [-0.1, -0.05) is 82.7 Å². The summed E-state index contributed by atoms with van der Waals surface area (Å²) in [6, 6.07) is 28.5. The molecule has 0 atom stereocenters. The Labute approximate surface area is 226 Å². The first-order valence-corrected chi connectivity index (χ1v) is 13.1. The third kappa shape index (κ3) is 5.76. The molecule has 0 bridgehead atoms. The van der Waals surface area contributed by atoms with E-state index in [1.807, 2.05) is 78.9 Å². The second-order valence-electron chi connectivity index (χ2n) is 8.30. The Balaban J connectivity index is 1.31. The van der Waals surface area contributed by atoms with Crippen LogP contribution in [0.2, 0.25) is 0 Å². The molecule has 1 saturated heterocycles. The highest BCUT2D eigenvalue weighted by atomic mass is 79.9. The third-order valence-electron chi connectivity index (χ3n) is 5.73. The van der Waals surface area contributed by atoms with Crippen LogP contribution < -0.4 is 10.1 Å². The normalized spacial score (nSPS) is 14.4. The van der Waals surface area contributed by atoms with E-state index in [1.165, 1.54) is 0 Å². The smallest absolute Gasteiger partial charge is 0.294 e. The Hall–Kier alpha value is -3.88. The van der Waals surface area contributed by atoms with Gasteiger partial charge in [0.1, 0.15) is 18.9 Å². The predicted molar refractivity (Wildman–Crippen MR) is 150 cm³/mol. The van der Waals surface area contributed by atoms with E-state index >= 15 is 0 Å². The van der Waals surface area contributed by atoms with Gasteiger partial charge in [0.15, 0.2) is 0 Å². The van der Waals surface area contributed by atoms with Crippen LogP contribution in [0.5, 0.6) is 5.75 Å². The molecule has 0 radical (unpaired) electrons. The van der Waals surface area contributed by atoms with Crippen LogP contribution in [0.25, 0.3) is 16.8 Å². The molecular formula is C29H21BrN2O4S. The molecule has 0 unspecified atom stereocenters. The lowest BCUT2D eigenvalue weighted by atomic mass is 10.1. The van der Waals surface area contributed by atoms with Crippen LogP contribution >= 0.6 is 27.7 Å². The number of imide groups is 1. The minimum absolute atomic E-state index is 0.227. The van der Waals surface area contributed by atoms with Crippen LogP contribution in [-0.2, 0) is 16.2 Å². The number of nitrogens with one attached hydrogen (secondary N) is 1. The molecule has 4 aromatic rings. The van der Waals surface area contributed by atoms with Crippen molar-refractivity contribution in [3.8, 4) is 5.75 Å². The van der Waals surface area contributed by atoms with E-state index in [9.17, 15) is 14.4 Å². The van der Waals surface area contributed by atoms with Gasteiger partial charge in [-0.15, -0.1) is 0 Å². The minimum Gasteiger partial charge on any atom is -0.488 e. The molecule has 1 aliphatic rings. The summed E-state index contributed by atoms with van der Waals surface area (Å²) in [5, 5.41) is 4.19. The van der Waals surface area contributed by atoms with Crippen molar-refractivity contribution in [2.45, 2.75) is 6.61 Å². The number of amides is 3. The zero-order chi connectivity index (χ0) is 25.8. The predicted octanol–water partition coefficient (Wildman–Crippen LogP) is 6.86. The Morgan fingerprint density at radius 3 is 2.54 bits per heavy atom. The average molecular weight is 573 g/mol. The van der Waals surface area contributed by atoms with Crippen LogP contribution in [0.4, 0.5) is 10.5 Å². The topological polar surface area (TPSA) is 75.7 Å². The number of thioether (sulfide) groups is 1. The maximum absolute atomic E-state index is 13.1. The van der Waals surface area contributed by atoms with Crippen molar-refractivity contribution in [3.05, 3.63) is 112 Å². The van der Waals surface area contributed by atoms with Gasteiger partial charge >= 0.3 is 0 Å². The molecule has 1 aliphatic heterocycles. The number of rotatable bonds is 7. The summed E-state index contributed by atoms with van der Waals surface area (Å²) in [6.45, 7) is -0.0137. The standard InChI is InChI=1S/C29H21BrN2O4S/c30-22-13-14-25(36-18-19-7-2-1-3-8-19)21(15-22)16-26-28(34)32(29(35)37-26)17-27(33)31-24-12-6-10-20-9-4-5-11-23(20)24/h1-16H,17-18H2,(H,31,33)/b26-16-. The van der Waals surface area contributed by atoms with E-state index in [1.54, 1.807) is 18.2 Å². The van der Waals surface area contributed by atoms with Crippen molar-refractivity contribution in [2.24, 2.45) is 0 Å². The van der Waals surface area contributed by atoms with Crippen LogP contribution in [0.3, 0.4) is 0 Å². The number of carbonyl (C=O) groups excluding carboxylic acids is 3. The molecule has 8 heteroatoms. The van der Waals surface area contributed by atoms with Gasteiger partial charge in [-0.05, 0) is 53.1 Å². The summed E-state index contributed by atoms with van der Waals surface area (Å²) >= 11 is 4.26. The lowest BCUT2D eigenvalue weighted by Crippen LogP contribution is -2.36. The van der Waals surface area contributed by atoms with E-state index < -0.39 is 17.1 Å². The molecule has 3 amide bonds. The Bertz CT molecular complexity index is 1530. The quantitative estimate of drug-likeness (QED) is 0.245.